The van der Waals surface area contributed by atoms with E-state index in [9.17, 15) is 22.0 Å². The van der Waals surface area contributed by atoms with Gasteiger partial charge in [0, 0.05) is 6.42 Å². The van der Waals surface area contributed by atoms with Crippen molar-refractivity contribution < 1.29 is 35.8 Å². The van der Waals surface area contributed by atoms with Crippen molar-refractivity contribution in [2.75, 3.05) is 0 Å². The Bertz CT molecular complexity index is 1130. The van der Waals surface area contributed by atoms with Crippen LogP contribution in [0.5, 0.6) is 17.2 Å². The lowest BCUT2D eigenvalue weighted by Crippen LogP contribution is -2.43. The third kappa shape index (κ3) is 6.41. The Labute approximate surface area is 188 Å². The van der Waals surface area contributed by atoms with Gasteiger partial charge < -0.3 is 9.47 Å². The molecule has 0 amide bonds. The average molecular weight is 482 g/mol. The van der Waals surface area contributed by atoms with E-state index in [-0.39, 0.29) is 5.75 Å². The molecule has 33 heavy (non-hydrogen) atoms. The van der Waals surface area contributed by atoms with Gasteiger partial charge in [0.2, 0.25) is 0 Å². The van der Waals surface area contributed by atoms with Crippen LogP contribution in [-0.4, -0.2) is 14.4 Å². The Balaban J connectivity index is 1.80. The standard InChI is InChI=1S/C24H20F6O2Si/c1-33(2,19-11-9-18(10-12-19)32-24(28,29)30)23(27)21(26)14-16-8-13-20(25)22(15-16)31-17-6-4-3-5-7-17/h3-13,15H,14H2,1-2H3. The Hall–Kier alpha value is -3.20. The van der Waals surface area contributed by atoms with Crippen LogP contribution in [0.3, 0.4) is 0 Å². The molecule has 3 rings (SSSR count). The second-order valence-corrected chi connectivity index (χ2v) is 12.0. The highest BCUT2D eigenvalue weighted by atomic mass is 28.3. The van der Waals surface area contributed by atoms with E-state index in [2.05, 4.69) is 4.74 Å². The molecule has 3 aromatic rings. The number of ether oxygens (including phenoxy) is 2. The molecule has 3 aromatic carbocycles. The number of rotatable bonds is 7. The maximum Gasteiger partial charge on any atom is 0.573 e. The van der Waals surface area contributed by atoms with Crippen LogP contribution in [0, 0.1) is 5.82 Å². The summed E-state index contributed by atoms with van der Waals surface area (Å²) >= 11 is 0. The van der Waals surface area contributed by atoms with Gasteiger partial charge >= 0.3 is 6.36 Å². The molecule has 0 atom stereocenters. The van der Waals surface area contributed by atoms with Crippen molar-refractivity contribution >= 4 is 13.3 Å². The summed E-state index contributed by atoms with van der Waals surface area (Å²) in [5.74, 6) is -1.85. The van der Waals surface area contributed by atoms with E-state index in [1.165, 1.54) is 37.4 Å². The van der Waals surface area contributed by atoms with Crippen LogP contribution in [0.2, 0.25) is 13.1 Å². The average Bonchev–Trinajstić information content (AvgIpc) is 2.75. The molecule has 0 radical (unpaired) electrons. The van der Waals surface area contributed by atoms with Crippen molar-refractivity contribution in [1.29, 1.82) is 0 Å². The van der Waals surface area contributed by atoms with Gasteiger partial charge in [0.25, 0.3) is 0 Å². The second kappa shape index (κ2) is 9.74. The summed E-state index contributed by atoms with van der Waals surface area (Å²) < 4.78 is 90.4. The molecule has 0 aliphatic heterocycles. The summed E-state index contributed by atoms with van der Waals surface area (Å²) in [6, 6.07) is 16.9. The molecule has 0 aromatic heterocycles. The largest absolute Gasteiger partial charge is 0.573 e. The van der Waals surface area contributed by atoms with Crippen molar-refractivity contribution in [2.45, 2.75) is 25.9 Å². The normalized spacial score (nSPS) is 12.8. The lowest BCUT2D eigenvalue weighted by Gasteiger charge is -2.22. The number of hydrogen-bond donors (Lipinski definition) is 0. The van der Waals surface area contributed by atoms with Gasteiger partial charge in [-0.3, -0.25) is 0 Å². The maximum absolute atomic E-state index is 15.1. The highest BCUT2D eigenvalue weighted by Gasteiger charge is 2.34. The second-order valence-electron chi connectivity index (χ2n) is 7.77. The molecule has 0 saturated carbocycles. The number of allylic oxidation sites excluding steroid dienone is 1. The zero-order chi connectivity index (χ0) is 24.2. The molecule has 0 aliphatic carbocycles. The smallest absolute Gasteiger partial charge is 0.454 e. The first kappa shape index (κ1) is 24.4. The van der Waals surface area contributed by atoms with E-state index in [0.29, 0.717) is 16.5 Å². The zero-order valence-corrected chi connectivity index (χ0v) is 18.7. The molecule has 0 spiro atoms. The van der Waals surface area contributed by atoms with Gasteiger partial charge in [0.15, 0.2) is 19.6 Å². The van der Waals surface area contributed by atoms with E-state index in [1.807, 2.05) is 0 Å². The zero-order valence-electron chi connectivity index (χ0n) is 17.7. The minimum Gasteiger partial charge on any atom is -0.454 e. The summed E-state index contributed by atoms with van der Waals surface area (Å²) in [5.41, 5.74) is -0.657. The van der Waals surface area contributed by atoms with E-state index in [4.69, 9.17) is 4.74 Å². The number of benzene rings is 3. The van der Waals surface area contributed by atoms with Gasteiger partial charge in [0.1, 0.15) is 22.8 Å². The molecule has 0 heterocycles. The fraction of sp³-hybridized carbons (Fsp3) is 0.167. The van der Waals surface area contributed by atoms with E-state index >= 15 is 4.39 Å². The lowest BCUT2D eigenvalue weighted by atomic mass is 10.1. The van der Waals surface area contributed by atoms with E-state index < -0.39 is 43.7 Å². The lowest BCUT2D eigenvalue weighted by molar-refractivity contribution is -0.274. The van der Waals surface area contributed by atoms with Crippen LogP contribution in [0.1, 0.15) is 5.56 Å². The highest BCUT2D eigenvalue weighted by Crippen LogP contribution is 2.29. The number of halogens is 6. The monoisotopic (exact) mass is 482 g/mol. The van der Waals surface area contributed by atoms with Gasteiger partial charge in [-0.1, -0.05) is 54.7 Å². The minimum absolute atomic E-state index is 0.122. The number of hydrogen-bond acceptors (Lipinski definition) is 2. The fourth-order valence-electron chi connectivity index (χ4n) is 3.15. The van der Waals surface area contributed by atoms with Crippen molar-refractivity contribution in [1.82, 2.24) is 0 Å². The van der Waals surface area contributed by atoms with Crippen molar-refractivity contribution in [3.05, 3.63) is 95.5 Å². The first-order valence-corrected chi connectivity index (χ1v) is 12.9. The maximum atomic E-state index is 15.1. The van der Waals surface area contributed by atoms with Crippen LogP contribution < -0.4 is 14.7 Å². The molecule has 9 heteroatoms. The molecule has 2 nitrogen and oxygen atoms in total. The SMILES string of the molecule is C[Si](C)(C(F)=C(F)Cc1ccc(F)c(Oc2ccccc2)c1)c1ccc(OC(F)(F)F)cc1. The summed E-state index contributed by atoms with van der Waals surface area (Å²) in [7, 11) is -3.17. The molecule has 174 valence electrons. The summed E-state index contributed by atoms with van der Waals surface area (Å²) in [6.07, 6.45) is -5.27. The fourth-order valence-corrected chi connectivity index (χ4v) is 5.17. The third-order valence-electron chi connectivity index (χ3n) is 4.92. The Morgan fingerprint density at radius 2 is 1.48 bits per heavy atom. The Kier molecular flexibility index (Phi) is 7.21. The van der Waals surface area contributed by atoms with E-state index in [0.717, 1.165) is 18.2 Å². The minimum atomic E-state index is -4.84. The number of alkyl halides is 3. The first-order chi connectivity index (χ1) is 15.5. The molecule has 0 unspecified atom stereocenters. The summed E-state index contributed by atoms with van der Waals surface area (Å²) in [6.45, 7) is 3.08. The van der Waals surface area contributed by atoms with Gasteiger partial charge in [-0.25, -0.2) is 13.2 Å². The van der Waals surface area contributed by atoms with Gasteiger partial charge in [-0.2, -0.15) is 0 Å². The highest BCUT2D eigenvalue weighted by molar-refractivity contribution is 6.95. The van der Waals surface area contributed by atoms with Crippen LogP contribution in [0.25, 0.3) is 0 Å². The molecule has 0 bridgehead atoms. The van der Waals surface area contributed by atoms with Crippen molar-refractivity contribution in [2.24, 2.45) is 0 Å². The molecule has 0 saturated heterocycles. The Morgan fingerprint density at radius 1 is 0.848 bits per heavy atom. The van der Waals surface area contributed by atoms with Crippen molar-refractivity contribution in [3.8, 4) is 17.2 Å². The van der Waals surface area contributed by atoms with Gasteiger partial charge in [-0.15, -0.1) is 13.2 Å². The number of para-hydroxylation sites is 1. The summed E-state index contributed by atoms with van der Waals surface area (Å²) in [4.78, 5) is 0. The van der Waals surface area contributed by atoms with E-state index in [1.54, 1.807) is 30.3 Å². The molecule has 0 N–H and O–H groups in total. The first-order valence-electron chi connectivity index (χ1n) is 9.88. The molecule has 0 aliphatic rings. The molecule has 0 fully saturated rings. The van der Waals surface area contributed by atoms with Crippen LogP contribution in [0.4, 0.5) is 26.3 Å². The van der Waals surface area contributed by atoms with Crippen LogP contribution in [0.15, 0.2) is 84.1 Å². The summed E-state index contributed by atoms with van der Waals surface area (Å²) in [5, 5.41) is 0.386. The Morgan fingerprint density at radius 3 is 2.09 bits per heavy atom. The topological polar surface area (TPSA) is 18.5 Å². The van der Waals surface area contributed by atoms with Crippen LogP contribution >= 0.6 is 0 Å². The molecular weight excluding hydrogens is 462 g/mol. The molecular formula is C24H20F6O2Si. The predicted octanol–water partition coefficient (Wildman–Crippen LogP) is 7.36. The van der Waals surface area contributed by atoms with Gasteiger partial charge in [-0.05, 0) is 42.0 Å². The van der Waals surface area contributed by atoms with Crippen molar-refractivity contribution in [3.63, 3.8) is 0 Å². The van der Waals surface area contributed by atoms with Gasteiger partial charge in [0.05, 0.1) is 0 Å². The van der Waals surface area contributed by atoms with Crippen LogP contribution in [-0.2, 0) is 6.42 Å². The predicted molar refractivity (Wildman–Crippen MR) is 116 cm³/mol. The quantitative estimate of drug-likeness (QED) is 0.259. The third-order valence-corrected chi connectivity index (χ3v) is 8.07.